The largest absolute Gasteiger partial charge is 0.374 e. The third-order valence-corrected chi connectivity index (χ3v) is 9.31. The Bertz CT molecular complexity index is 1280. The molecule has 0 N–H and O–H groups in total. The van der Waals surface area contributed by atoms with Gasteiger partial charge in [0.1, 0.15) is 0 Å². The van der Waals surface area contributed by atoms with Gasteiger partial charge in [0, 0.05) is 17.6 Å². The second-order valence-corrected chi connectivity index (χ2v) is 13.0. The van der Waals surface area contributed by atoms with Gasteiger partial charge >= 0.3 is 0 Å². The van der Waals surface area contributed by atoms with E-state index in [1.54, 1.807) is 49.6 Å². The average molecular weight is 485 g/mol. The van der Waals surface area contributed by atoms with E-state index in [9.17, 15) is 12.6 Å². The van der Waals surface area contributed by atoms with E-state index in [1.165, 1.54) is 0 Å². The van der Waals surface area contributed by atoms with Gasteiger partial charge in [-0.2, -0.15) is 0 Å². The van der Waals surface area contributed by atoms with E-state index in [0.29, 0.717) is 16.0 Å². The van der Waals surface area contributed by atoms with E-state index in [2.05, 4.69) is 0 Å². The van der Waals surface area contributed by atoms with Crippen molar-refractivity contribution in [2.45, 2.75) is 72.1 Å². The molecule has 6 heteroatoms. The summed E-state index contributed by atoms with van der Waals surface area (Å²) in [6.07, 6.45) is 0. The summed E-state index contributed by atoms with van der Waals surface area (Å²) in [6.45, 7) is 11.5. The Labute approximate surface area is 200 Å². The molecule has 3 aromatic rings. The number of rotatable bonds is 6. The van der Waals surface area contributed by atoms with Gasteiger partial charge in [-0.1, -0.05) is 68.8 Å². The molecule has 4 nitrogen and oxygen atoms in total. The lowest BCUT2D eigenvalue weighted by molar-refractivity contribution is 0.0165. The molecule has 0 saturated heterocycles. The van der Waals surface area contributed by atoms with E-state index in [0.717, 1.165) is 5.56 Å². The Morgan fingerprint density at radius 3 is 1.94 bits per heavy atom. The summed E-state index contributed by atoms with van der Waals surface area (Å²) in [5, 5.41) is 0. The summed E-state index contributed by atoms with van der Waals surface area (Å²) in [6, 6.07) is 19.5. The van der Waals surface area contributed by atoms with Crippen LogP contribution in [0.25, 0.3) is 0 Å². The third kappa shape index (κ3) is 4.98. The summed E-state index contributed by atoms with van der Waals surface area (Å²) in [5.41, 5.74) is 0.920. The van der Waals surface area contributed by atoms with Crippen molar-refractivity contribution in [2.24, 2.45) is 0 Å². The highest BCUT2D eigenvalue weighted by Gasteiger charge is 2.36. The van der Waals surface area contributed by atoms with Crippen LogP contribution in [-0.4, -0.2) is 19.7 Å². The quantitative estimate of drug-likeness (QED) is 0.420. The summed E-state index contributed by atoms with van der Waals surface area (Å²) < 4.78 is 48.0. The molecule has 3 aromatic carbocycles. The maximum absolute atomic E-state index is 14.3. The van der Waals surface area contributed by atoms with Crippen molar-refractivity contribution in [3.63, 3.8) is 0 Å². The minimum atomic E-state index is -4.04. The summed E-state index contributed by atoms with van der Waals surface area (Å²) in [4.78, 5) is 1.07. The minimum Gasteiger partial charge on any atom is -0.374 e. The average Bonchev–Trinajstić information content (AvgIpc) is 2.78. The normalized spacial score (nSPS) is 13.7. The highest BCUT2D eigenvalue weighted by molar-refractivity contribution is 7.92. The number of sulfone groups is 1. The molecular formula is C27H32O4S2. The first-order chi connectivity index (χ1) is 15.3. The molecule has 0 radical (unpaired) electrons. The molecule has 0 amide bonds. The number of methoxy groups -OCH3 is 1. The first-order valence-electron chi connectivity index (χ1n) is 10.8. The minimum absolute atomic E-state index is 0.0486. The van der Waals surface area contributed by atoms with Crippen LogP contribution < -0.4 is 0 Å². The van der Waals surface area contributed by atoms with Crippen LogP contribution in [0.2, 0.25) is 0 Å². The number of aryl methyl sites for hydroxylation is 1. The lowest BCUT2D eigenvalue weighted by Crippen LogP contribution is -2.25. The van der Waals surface area contributed by atoms with Crippen LogP contribution in [0.15, 0.2) is 86.3 Å². The monoisotopic (exact) mass is 484 g/mol. The standard InChI is InChI=1S/C27H32O4S2/c1-19-15-17-20(18-16-19)32(28)23-13-10-12-22(27(5,6)31-7)25(23)33(29,30)24-14-9-8-11-21(24)26(2,3)4/h8-18H,1-7H3. The van der Waals surface area contributed by atoms with Crippen molar-refractivity contribution in [1.82, 2.24) is 0 Å². The highest BCUT2D eigenvalue weighted by Crippen LogP contribution is 2.40. The molecule has 176 valence electrons. The van der Waals surface area contributed by atoms with Crippen molar-refractivity contribution in [3.05, 3.63) is 83.4 Å². The molecule has 0 heterocycles. The van der Waals surface area contributed by atoms with Crippen LogP contribution in [0.4, 0.5) is 0 Å². The van der Waals surface area contributed by atoms with Gasteiger partial charge in [0.2, 0.25) is 9.84 Å². The maximum Gasteiger partial charge on any atom is 0.208 e. The van der Waals surface area contributed by atoms with Crippen LogP contribution in [-0.2, 0) is 36.4 Å². The van der Waals surface area contributed by atoms with Crippen LogP contribution >= 0.6 is 0 Å². The topological polar surface area (TPSA) is 60.4 Å². The first-order valence-corrected chi connectivity index (χ1v) is 13.5. The molecule has 33 heavy (non-hydrogen) atoms. The number of benzene rings is 3. The predicted molar refractivity (Wildman–Crippen MR) is 133 cm³/mol. The second-order valence-electron chi connectivity index (χ2n) is 9.68. The summed E-state index contributed by atoms with van der Waals surface area (Å²) >= 11 is 0. The molecule has 0 saturated carbocycles. The lowest BCUT2D eigenvalue weighted by atomic mass is 9.87. The molecule has 0 fully saturated rings. The molecule has 1 unspecified atom stereocenters. The molecule has 0 aliphatic heterocycles. The maximum atomic E-state index is 14.3. The predicted octanol–water partition coefficient (Wildman–Crippen LogP) is 6.17. The fraction of sp³-hybridized carbons (Fsp3) is 0.333. The summed E-state index contributed by atoms with van der Waals surface area (Å²) in [7, 11) is -4.19. The highest BCUT2D eigenvalue weighted by atomic mass is 32.2. The smallest absolute Gasteiger partial charge is 0.208 e. The van der Waals surface area contributed by atoms with Gasteiger partial charge in [-0.15, -0.1) is 0 Å². The van der Waals surface area contributed by atoms with E-state index in [-0.39, 0.29) is 14.7 Å². The van der Waals surface area contributed by atoms with Gasteiger partial charge in [0.15, 0.2) is 0 Å². The molecular weight excluding hydrogens is 452 g/mol. The fourth-order valence-corrected chi connectivity index (χ4v) is 7.49. The molecule has 3 rings (SSSR count). The van der Waals surface area contributed by atoms with Crippen LogP contribution in [0.3, 0.4) is 0 Å². The van der Waals surface area contributed by atoms with Gasteiger partial charge in [-0.05, 0) is 56.0 Å². The van der Waals surface area contributed by atoms with Crippen molar-refractivity contribution < 1.29 is 17.4 Å². The molecule has 0 bridgehead atoms. The van der Waals surface area contributed by atoms with Gasteiger partial charge in [0.05, 0.1) is 31.1 Å². The van der Waals surface area contributed by atoms with E-state index in [4.69, 9.17) is 4.74 Å². The number of hydrogen-bond donors (Lipinski definition) is 0. The molecule has 0 aliphatic rings. The van der Waals surface area contributed by atoms with Gasteiger partial charge in [-0.25, -0.2) is 12.6 Å². The van der Waals surface area contributed by atoms with Crippen LogP contribution in [0, 0.1) is 6.92 Å². The molecule has 0 aliphatic carbocycles. The van der Waals surface area contributed by atoms with Crippen LogP contribution in [0.1, 0.15) is 51.3 Å². The first kappa shape index (κ1) is 25.3. The number of ether oxygens (including phenoxy) is 1. The van der Waals surface area contributed by atoms with Crippen molar-refractivity contribution in [2.75, 3.05) is 7.11 Å². The van der Waals surface area contributed by atoms with Gasteiger partial charge < -0.3 is 4.74 Å². The Hall–Kier alpha value is -2.28. The Balaban J connectivity index is 2.39. The molecule has 0 aromatic heterocycles. The zero-order valence-corrected chi connectivity index (χ0v) is 21.9. The van der Waals surface area contributed by atoms with E-state index < -0.39 is 31.7 Å². The van der Waals surface area contributed by atoms with Crippen LogP contribution in [0.5, 0.6) is 0 Å². The lowest BCUT2D eigenvalue weighted by Gasteiger charge is -2.29. The third-order valence-electron chi connectivity index (χ3n) is 5.83. The molecule has 0 spiro atoms. The van der Waals surface area contributed by atoms with Crippen molar-refractivity contribution >= 4 is 20.6 Å². The Kier molecular flexibility index (Phi) is 7.04. The van der Waals surface area contributed by atoms with E-state index in [1.807, 2.05) is 65.8 Å². The summed E-state index contributed by atoms with van der Waals surface area (Å²) in [5.74, 6) is 0. The number of hydrogen-bond acceptors (Lipinski definition) is 4. The van der Waals surface area contributed by atoms with E-state index >= 15 is 0 Å². The van der Waals surface area contributed by atoms with Crippen molar-refractivity contribution in [1.29, 1.82) is 0 Å². The fourth-order valence-electron chi connectivity index (χ4n) is 3.74. The van der Waals surface area contributed by atoms with Gasteiger partial charge in [0.25, 0.3) is 0 Å². The second kappa shape index (κ2) is 9.16. The SMILES string of the molecule is COC(C)(C)c1cccc(S(=O)c2ccc(C)cc2)c1S(=O)(=O)c1ccccc1C(C)(C)C. The zero-order valence-electron chi connectivity index (χ0n) is 20.3. The molecule has 1 atom stereocenters. The zero-order chi connectivity index (χ0) is 24.6. The Morgan fingerprint density at radius 1 is 0.788 bits per heavy atom. The Morgan fingerprint density at radius 2 is 1.36 bits per heavy atom. The van der Waals surface area contributed by atoms with Crippen molar-refractivity contribution in [3.8, 4) is 0 Å². The van der Waals surface area contributed by atoms with Gasteiger partial charge in [-0.3, -0.25) is 0 Å².